The molecule has 2 aromatic rings. The number of nitrogens with two attached hydrogens (primary N) is 2. The molecule has 0 saturated carbocycles. The second-order valence-corrected chi connectivity index (χ2v) is 4.90. The smallest absolute Gasteiger partial charge is 0.339 e. The van der Waals surface area contributed by atoms with Crippen LogP contribution in [0.5, 0.6) is 0 Å². The molecule has 0 fully saturated rings. The summed E-state index contributed by atoms with van der Waals surface area (Å²) in [5, 5.41) is 0. The number of anilines is 2. The minimum absolute atomic E-state index is 0.0967. The van der Waals surface area contributed by atoms with Crippen LogP contribution in [0.25, 0.3) is 0 Å². The number of carbonyl (C=O) groups is 1. The zero-order valence-electron chi connectivity index (χ0n) is 12.3. The first-order valence-corrected chi connectivity index (χ1v) is 6.99. The molecule has 1 aromatic heterocycles. The molecule has 7 nitrogen and oxygen atoms in total. The maximum absolute atomic E-state index is 12.5. The van der Waals surface area contributed by atoms with Gasteiger partial charge in [-0.1, -0.05) is 31.5 Å². The Morgan fingerprint density at radius 2 is 1.77 bits per heavy atom. The Hall–Kier alpha value is -2.83. The summed E-state index contributed by atoms with van der Waals surface area (Å²) >= 11 is 0. The monoisotopic (exact) mass is 302 g/mol. The van der Waals surface area contributed by atoms with Gasteiger partial charge in [0, 0.05) is 12.1 Å². The fourth-order valence-electron chi connectivity index (χ4n) is 2.11. The van der Waals surface area contributed by atoms with Gasteiger partial charge in [-0.15, -0.1) is 0 Å². The van der Waals surface area contributed by atoms with Crippen molar-refractivity contribution in [1.29, 1.82) is 0 Å². The third-order valence-electron chi connectivity index (χ3n) is 3.38. The maximum Gasteiger partial charge on any atom is 0.339 e. The minimum atomic E-state index is -0.885. The van der Waals surface area contributed by atoms with Crippen LogP contribution in [0, 0.1) is 0 Å². The molecule has 0 aliphatic heterocycles. The van der Waals surface area contributed by atoms with Crippen LogP contribution in [0.15, 0.2) is 39.9 Å². The van der Waals surface area contributed by atoms with Crippen molar-refractivity contribution in [2.75, 3.05) is 11.5 Å². The van der Waals surface area contributed by atoms with E-state index in [9.17, 15) is 14.4 Å². The molecule has 0 aliphatic carbocycles. The molecule has 22 heavy (non-hydrogen) atoms. The summed E-state index contributed by atoms with van der Waals surface area (Å²) in [6.07, 6.45) is 1.51. The maximum atomic E-state index is 12.5. The van der Waals surface area contributed by atoms with E-state index in [0.717, 1.165) is 6.42 Å². The molecule has 7 heteroatoms. The third-order valence-corrected chi connectivity index (χ3v) is 3.38. The van der Waals surface area contributed by atoms with Gasteiger partial charge in [-0.2, -0.15) is 4.57 Å². The van der Waals surface area contributed by atoms with Crippen LogP contribution in [0.2, 0.25) is 0 Å². The molecule has 4 N–H and O–H groups in total. The fraction of sp³-hybridized carbons (Fsp3) is 0.267. The lowest BCUT2D eigenvalue weighted by molar-refractivity contribution is 0.0949. The number of hydrogen-bond acceptors (Lipinski definition) is 5. The zero-order valence-corrected chi connectivity index (χ0v) is 12.3. The second kappa shape index (κ2) is 6.30. The van der Waals surface area contributed by atoms with Gasteiger partial charge in [0.05, 0.1) is 0 Å². The van der Waals surface area contributed by atoms with E-state index in [2.05, 4.69) is 0 Å². The summed E-state index contributed by atoms with van der Waals surface area (Å²) in [4.78, 5) is 37.1. The van der Waals surface area contributed by atoms with Gasteiger partial charge in [-0.25, -0.2) is 4.79 Å². The molecule has 0 atom stereocenters. The van der Waals surface area contributed by atoms with Crippen molar-refractivity contribution in [2.45, 2.75) is 26.3 Å². The molecule has 0 amide bonds. The predicted octanol–water partition coefficient (Wildman–Crippen LogP) is 0.663. The Morgan fingerprint density at radius 1 is 1.14 bits per heavy atom. The van der Waals surface area contributed by atoms with Gasteiger partial charge in [0.2, 0.25) is 0 Å². The normalized spacial score (nSPS) is 10.6. The van der Waals surface area contributed by atoms with Gasteiger partial charge in [-0.05, 0) is 18.6 Å². The first-order chi connectivity index (χ1) is 10.5. The van der Waals surface area contributed by atoms with Gasteiger partial charge in [-0.3, -0.25) is 14.2 Å². The average Bonchev–Trinajstić information content (AvgIpc) is 2.53. The molecule has 0 unspecified atom stereocenters. The molecule has 0 saturated heterocycles. The van der Waals surface area contributed by atoms with Gasteiger partial charge in [0.25, 0.3) is 11.5 Å². The van der Waals surface area contributed by atoms with Crippen LogP contribution in [0.1, 0.15) is 30.1 Å². The summed E-state index contributed by atoms with van der Waals surface area (Å²) in [6.45, 7) is 2.25. The first kappa shape index (κ1) is 15.6. The van der Waals surface area contributed by atoms with Crippen molar-refractivity contribution in [3.05, 3.63) is 56.7 Å². The number of nitrogen functional groups attached to an aromatic ring is 2. The number of aromatic nitrogens is 2. The highest BCUT2D eigenvalue weighted by Crippen LogP contribution is 2.08. The molecular formula is C15H18N4O3. The molecule has 0 radical (unpaired) electrons. The van der Waals surface area contributed by atoms with Crippen molar-refractivity contribution in [3.63, 3.8) is 0 Å². The number of benzene rings is 1. The van der Waals surface area contributed by atoms with Crippen molar-refractivity contribution in [2.24, 2.45) is 0 Å². The summed E-state index contributed by atoms with van der Waals surface area (Å²) in [6, 6.07) is 8.08. The number of unbranched alkanes of at least 4 members (excludes halogenated alkanes) is 1. The molecule has 0 aliphatic rings. The lowest BCUT2D eigenvalue weighted by atomic mass is 10.2. The van der Waals surface area contributed by atoms with E-state index in [4.69, 9.17) is 11.5 Å². The van der Waals surface area contributed by atoms with Crippen LogP contribution in [0.4, 0.5) is 11.5 Å². The van der Waals surface area contributed by atoms with Crippen molar-refractivity contribution in [1.82, 2.24) is 9.13 Å². The topological polar surface area (TPSA) is 113 Å². The van der Waals surface area contributed by atoms with Gasteiger partial charge in [0.1, 0.15) is 11.5 Å². The Labute approximate surface area is 126 Å². The number of nitrogens with zero attached hydrogens (tertiary/aromatic N) is 2. The predicted molar refractivity (Wildman–Crippen MR) is 84.9 cm³/mol. The SMILES string of the molecule is CCCCn1c(N)c(N)c(=O)n(C(=O)c2ccccc2)c1=O. The minimum Gasteiger partial charge on any atom is -0.391 e. The summed E-state index contributed by atoms with van der Waals surface area (Å²) in [5.41, 5.74) is 9.70. The molecule has 116 valence electrons. The quantitative estimate of drug-likeness (QED) is 0.861. The Balaban J connectivity index is 2.66. The zero-order chi connectivity index (χ0) is 16.3. The summed E-state index contributed by atoms with van der Waals surface area (Å²) in [7, 11) is 0. The van der Waals surface area contributed by atoms with E-state index in [1.54, 1.807) is 18.2 Å². The van der Waals surface area contributed by atoms with Gasteiger partial charge in [0.15, 0.2) is 0 Å². The van der Waals surface area contributed by atoms with E-state index in [0.29, 0.717) is 17.5 Å². The van der Waals surface area contributed by atoms with Crippen molar-refractivity contribution >= 4 is 17.4 Å². The largest absolute Gasteiger partial charge is 0.391 e. The van der Waals surface area contributed by atoms with Crippen molar-refractivity contribution < 1.29 is 4.79 Å². The van der Waals surface area contributed by atoms with Crippen LogP contribution in [0.3, 0.4) is 0 Å². The molecule has 2 rings (SSSR count). The first-order valence-electron chi connectivity index (χ1n) is 6.99. The lowest BCUT2D eigenvalue weighted by Crippen LogP contribution is -2.45. The summed E-state index contributed by atoms with van der Waals surface area (Å²) in [5.74, 6) is -0.812. The highest BCUT2D eigenvalue weighted by atomic mass is 16.2. The average molecular weight is 302 g/mol. The van der Waals surface area contributed by atoms with Crippen molar-refractivity contribution in [3.8, 4) is 0 Å². The van der Waals surface area contributed by atoms with Crippen LogP contribution in [-0.2, 0) is 6.54 Å². The highest BCUT2D eigenvalue weighted by molar-refractivity contribution is 5.96. The van der Waals surface area contributed by atoms with E-state index in [1.165, 1.54) is 16.7 Å². The number of rotatable bonds is 4. The van der Waals surface area contributed by atoms with E-state index >= 15 is 0 Å². The summed E-state index contributed by atoms with van der Waals surface area (Å²) < 4.78 is 1.71. The highest BCUT2D eigenvalue weighted by Gasteiger charge is 2.20. The molecular weight excluding hydrogens is 284 g/mol. The molecule has 0 bridgehead atoms. The Bertz CT molecular complexity index is 806. The Morgan fingerprint density at radius 3 is 2.36 bits per heavy atom. The second-order valence-electron chi connectivity index (χ2n) is 4.90. The number of hydrogen-bond donors (Lipinski definition) is 2. The third kappa shape index (κ3) is 2.65. The van der Waals surface area contributed by atoms with E-state index in [-0.39, 0.29) is 17.1 Å². The standard InChI is InChI=1S/C15H18N4O3/c1-2-3-9-18-12(17)11(16)14(21)19(15(18)22)13(20)10-7-5-4-6-8-10/h4-8H,2-3,9,16-17H2,1H3. The van der Waals surface area contributed by atoms with Crippen LogP contribution >= 0.6 is 0 Å². The molecule has 0 spiro atoms. The van der Waals surface area contributed by atoms with Crippen LogP contribution in [-0.4, -0.2) is 15.0 Å². The van der Waals surface area contributed by atoms with E-state index in [1.807, 2.05) is 6.92 Å². The fourth-order valence-corrected chi connectivity index (χ4v) is 2.11. The van der Waals surface area contributed by atoms with Crippen LogP contribution < -0.4 is 22.7 Å². The number of carbonyl (C=O) groups excluding carboxylic acids is 1. The Kier molecular flexibility index (Phi) is 4.45. The van der Waals surface area contributed by atoms with E-state index < -0.39 is 17.2 Å². The van der Waals surface area contributed by atoms with Gasteiger partial charge >= 0.3 is 5.69 Å². The molecule has 1 heterocycles. The molecule has 1 aromatic carbocycles. The lowest BCUT2D eigenvalue weighted by Gasteiger charge is -2.13. The van der Waals surface area contributed by atoms with Gasteiger partial charge < -0.3 is 11.5 Å².